The average molecular weight is 302 g/mol. The van der Waals surface area contributed by atoms with E-state index in [9.17, 15) is 12.8 Å². The first-order chi connectivity index (χ1) is 9.36. The molecule has 0 saturated carbocycles. The van der Waals surface area contributed by atoms with Gasteiger partial charge in [-0.25, -0.2) is 17.5 Å². The molecular weight excluding hydrogens is 283 g/mol. The Hall–Kier alpha value is -1.02. The molecule has 1 aromatic rings. The predicted octanol–water partition coefficient (Wildman–Crippen LogP) is 1.13. The van der Waals surface area contributed by atoms with E-state index in [0.717, 1.165) is 18.9 Å². The summed E-state index contributed by atoms with van der Waals surface area (Å²) in [5.41, 5.74) is 5.50. The van der Waals surface area contributed by atoms with Crippen molar-refractivity contribution >= 4 is 10.0 Å². The number of ether oxygens (including phenoxy) is 1. The highest BCUT2D eigenvalue weighted by molar-refractivity contribution is 7.89. The van der Waals surface area contributed by atoms with Gasteiger partial charge in [-0.15, -0.1) is 0 Å². The van der Waals surface area contributed by atoms with Crippen LogP contribution in [0.2, 0.25) is 0 Å². The van der Waals surface area contributed by atoms with Crippen LogP contribution in [-0.2, 0) is 21.3 Å². The first kappa shape index (κ1) is 15.4. The van der Waals surface area contributed by atoms with E-state index in [0.29, 0.717) is 12.2 Å². The lowest BCUT2D eigenvalue weighted by Gasteiger charge is -2.23. The second kappa shape index (κ2) is 5.77. The fourth-order valence-corrected chi connectivity index (χ4v) is 3.46. The third-order valence-corrected chi connectivity index (χ3v) is 4.87. The van der Waals surface area contributed by atoms with E-state index in [1.807, 2.05) is 6.92 Å². The lowest BCUT2D eigenvalue weighted by molar-refractivity contribution is 0.0250. The molecule has 20 heavy (non-hydrogen) atoms. The fraction of sp³-hybridized carbons (Fsp3) is 0.538. The number of sulfonamides is 1. The second-order valence-corrected chi connectivity index (χ2v) is 6.93. The molecule has 1 heterocycles. The van der Waals surface area contributed by atoms with Crippen molar-refractivity contribution in [2.45, 2.75) is 36.8 Å². The largest absolute Gasteiger partial charge is 0.374 e. The highest BCUT2D eigenvalue weighted by atomic mass is 32.2. The van der Waals surface area contributed by atoms with Crippen molar-refractivity contribution in [3.05, 3.63) is 29.6 Å². The van der Waals surface area contributed by atoms with Gasteiger partial charge in [0.25, 0.3) is 0 Å². The minimum Gasteiger partial charge on any atom is -0.374 e. The predicted molar refractivity (Wildman–Crippen MR) is 73.1 cm³/mol. The van der Waals surface area contributed by atoms with Crippen molar-refractivity contribution in [3.8, 4) is 0 Å². The van der Waals surface area contributed by atoms with Crippen LogP contribution >= 0.6 is 0 Å². The quantitative estimate of drug-likeness (QED) is 0.854. The monoisotopic (exact) mass is 302 g/mol. The van der Waals surface area contributed by atoms with Crippen LogP contribution < -0.4 is 10.5 Å². The number of rotatable bonds is 5. The van der Waals surface area contributed by atoms with Crippen molar-refractivity contribution < 1.29 is 17.5 Å². The van der Waals surface area contributed by atoms with Gasteiger partial charge in [0, 0.05) is 19.7 Å². The van der Waals surface area contributed by atoms with Crippen LogP contribution in [-0.4, -0.2) is 27.2 Å². The van der Waals surface area contributed by atoms with E-state index in [4.69, 9.17) is 10.5 Å². The van der Waals surface area contributed by atoms with E-state index in [2.05, 4.69) is 4.72 Å². The highest BCUT2D eigenvalue weighted by Gasteiger charge is 2.32. The summed E-state index contributed by atoms with van der Waals surface area (Å²) in [6, 6.07) is 3.84. The molecule has 7 heteroatoms. The van der Waals surface area contributed by atoms with E-state index < -0.39 is 21.4 Å². The maximum absolute atomic E-state index is 13.7. The Labute approximate surface area is 118 Å². The molecule has 1 unspecified atom stereocenters. The van der Waals surface area contributed by atoms with Crippen molar-refractivity contribution in [3.63, 3.8) is 0 Å². The molecule has 0 aromatic heterocycles. The molecule has 1 aliphatic heterocycles. The second-order valence-electron chi connectivity index (χ2n) is 5.20. The SMILES string of the molecule is CC1(CNS(=O)(=O)c2cc(CN)ccc2F)CCCO1. The molecule has 0 amide bonds. The topological polar surface area (TPSA) is 81.4 Å². The molecule has 1 fully saturated rings. The van der Waals surface area contributed by atoms with Crippen molar-refractivity contribution in [1.82, 2.24) is 4.72 Å². The Morgan fingerprint density at radius 2 is 2.25 bits per heavy atom. The Bertz CT molecular complexity index is 583. The molecule has 112 valence electrons. The summed E-state index contributed by atoms with van der Waals surface area (Å²) < 4.78 is 46.0. The van der Waals surface area contributed by atoms with Gasteiger partial charge < -0.3 is 10.5 Å². The standard InChI is InChI=1S/C13H19FN2O3S/c1-13(5-2-6-19-13)9-16-20(17,18)12-7-10(8-15)3-4-11(12)14/h3-4,7,16H,2,5-6,8-9,15H2,1H3. The molecule has 3 N–H and O–H groups in total. The summed E-state index contributed by atoms with van der Waals surface area (Å²) in [5.74, 6) is -0.785. The Morgan fingerprint density at radius 1 is 1.50 bits per heavy atom. The first-order valence-electron chi connectivity index (χ1n) is 6.48. The number of halogens is 1. The molecule has 0 spiro atoms. The summed E-state index contributed by atoms with van der Waals surface area (Å²) in [6.07, 6.45) is 1.68. The third-order valence-electron chi connectivity index (χ3n) is 3.46. The molecule has 0 aliphatic carbocycles. The summed E-state index contributed by atoms with van der Waals surface area (Å²) in [5, 5.41) is 0. The molecular formula is C13H19FN2O3S. The Kier molecular flexibility index (Phi) is 4.43. The number of hydrogen-bond donors (Lipinski definition) is 2. The summed E-state index contributed by atoms with van der Waals surface area (Å²) >= 11 is 0. The smallest absolute Gasteiger partial charge is 0.243 e. The number of nitrogens with two attached hydrogens (primary N) is 1. The van der Waals surface area contributed by atoms with Crippen LogP contribution in [0.15, 0.2) is 23.1 Å². The normalized spacial score (nSPS) is 23.1. The van der Waals surface area contributed by atoms with Gasteiger partial charge in [0.15, 0.2) is 0 Å². The lowest BCUT2D eigenvalue weighted by atomic mass is 10.0. The summed E-state index contributed by atoms with van der Waals surface area (Å²) in [6.45, 7) is 2.75. The summed E-state index contributed by atoms with van der Waals surface area (Å²) in [4.78, 5) is -0.373. The van der Waals surface area contributed by atoms with Crippen molar-refractivity contribution in [1.29, 1.82) is 0 Å². The molecule has 0 radical (unpaired) electrons. The number of benzene rings is 1. The summed E-state index contributed by atoms with van der Waals surface area (Å²) in [7, 11) is -3.91. The van der Waals surface area contributed by atoms with Gasteiger partial charge in [-0.1, -0.05) is 6.07 Å². The third kappa shape index (κ3) is 3.35. The maximum atomic E-state index is 13.7. The van der Waals surface area contributed by atoms with Gasteiger partial charge in [-0.2, -0.15) is 0 Å². The van der Waals surface area contributed by atoms with Crippen LogP contribution in [0.3, 0.4) is 0 Å². The zero-order valence-electron chi connectivity index (χ0n) is 11.4. The Morgan fingerprint density at radius 3 is 2.85 bits per heavy atom. The van der Waals surface area contributed by atoms with Gasteiger partial charge in [-0.05, 0) is 37.5 Å². The van der Waals surface area contributed by atoms with E-state index in [1.54, 1.807) is 0 Å². The van der Waals surface area contributed by atoms with E-state index in [-0.39, 0.29) is 18.0 Å². The number of nitrogens with one attached hydrogen (secondary N) is 1. The molecule has 1 aromatic carbocycles. The first-order valence-corrected chi connectivity index (χ1v) is 7.97. The zero-order chi connectivity index (χ0) is 14.8. The van der Waals surface area contributed by atoms with Crippen LogP contribution in [0, 0.1) is 5.82 Å². The minimum absolute atomic E-state index is 0.127. The molecule has 2 rings (SSSR count). The van der Waals surface area contributed by atoms with Gasteiger partial charge in [0.1, 0.15) is 10.7 Å². The molecule has 1 aliphatic rings. The molecule has 1 atom stereocenters. The average Bonchev–Trinajstić information content (AvgIpc) is 2.85. The molecule has 5 nitrogen and oxygen atoms in total. The maximum Gasteiger partial charge on any atom is 0.243 e. The highest BCUT2D eigenvalue weighted by Crippen LogP contribution is 2.25. The lowest BCUT2D eigenvalue weighted by Crippen LogP contribution is -2.40. The minimum atomic E-state index is -3.91. The van der Waals surface area contributed by atoms with Gasteiger partial charge in [-0.3, -0.25) is 0 Å². The van der Waals surface area contributed by atoms with Gasteiger partial charge >= 0.3 is 0 Å². The van der Waals surface area contributed by atoms with Crippen LogP contribution in [0.4, 0.5) is 4.39 Å². The Balaban J connectivity index is 2.17. The van der Waals surface area contributed by atoms with Crippen molar-refractivity contribution in [2.24, 2.45) is 5.73 Å². The fourth-order valence-electron chi connectivity index (χ4n) is 2.18. The molecule has 0 bridgehead atoms. The van der Waals surface area contributed by atoms with E-state index in [1.165, 1.54) is 12.1 Å². The van der Waals surface area contributed by atoms with Crippen LogP contribution in [0.5, 0.6) is 0 Å². The zero-order valence-corrected chi connectivity index (χ0v) is 12.2. The van der Waals surface area contributed by atoms with Gasteiger partial charge in [0.2, 0.25) is 10.0 Å². The van der Waals surface area contributed by atoms with E-state index >= 15 is 0 Å². The van der Waals surface area contributed by atoms with Crippen LogP contribution in [0.25, 0.3) is 0 Å². The van der Waals surface area contributed by atoms with Gasteiger partial charge in [0.05, 0.1) is 5.60 Å². The van der Waals surface area contributed by atoms with Crippen molar-refractivity contribution in [2.75, 3.05) is 13.2 Å². The number of hydrogen-bond acceptors (Lipinski definition) is 4. The van der Waals surface area contributed by atoms with Crippen LogP contribution in [0.1, 0.15) is 25.3 Å². The molecule has 1 saturated heterocycles.